The van der Waals surface area contributed by atoms with Crippen LogP contribution in [0.5, 0.6) is 0 Å². The number of hydrogen-bond donors (Lipinski definition) is 1. The number of nitrogens with one attached hydrogen (secondary N) is 1. The molecule has 1 heterocycles. The van der Waals surface area contributed by atoms with Gasteiger partial charge in [0, 0.05) is 13.0 Å². The smallest absolute Gasteiger partial charge is 0.227 e. The van der Waals surface area contributed by atoms with Crippen molar-refractivity contribution < 1.29 is 0 Å². The van der Waals surface area contributed by atoms with Gasteiger partial charge in [0.25, 0.3) is 0 Å². The second kappa shape index (κ2) is 4.77. The van der Waals surface area contributed by atoms with Crippen LogP contribution < -0.4 is 5.32 Å². The highest BCUT2D eigenvalue weighted by atomic mass is 35.5. The molecule has 0 aliphatic carbocycles. The van der Waals surface area contributed by atoms with E-state index in [1.807, 2.05) is 6.92 Å². The van der Waals surface area contributed by atoms with Gasteiger partial charge in [-0.15, -0.1) is 6.58 Å². The van der Waals surface area contributed by atoms with E-state index < -0.39 is 0 Å². The molecule has 1 aromatic heterocycles. The molecule has 13 heavy (non-hydrogen) atoms. The Morgan fingerprint density at radius 2 is 2.23 bits per heavy atom. The van der Waals surface area contributed by atoms with Crippen molar-refractivity contribution in [1.82, 2.24) is 15.0 Å². The summed E-state index contributed by atoms with van der Waals surface area (Å²) in [5.74, 6) is 1.18. The number of aryl methyl sites for hydroxylation is 1. The molecule has 0 fully saturated rings. The number of hydrogen-bond acceptors (Lipinski definition) is 4. The highest BCUT2D eigenvalue weighted by Gasteiger charge is 2.01. The van der Waals surface area contributed by atoms with Crippen LogP contribution >= 0.6 is 11.6 Å². The van der Waals surface area contributed by atoms with Crippen molar-refractivity contribution in [3.8, 4) is 0 Å². The first-order chi connectivity index (χ1) is 6.26. The maximum absolute atomic E-state index is 5.68. The number of anilines is 1. The topological polar surface area (TPSA) is 50.7 Å². The van der Waals surface area contributed by atoms with Gasteiger partial charge in [-0.2, -0.15) is 9.97 Å². The summed E-state index contributed by atoms with van der Waals surface area (Å²) in [6.45, 7) is 6.15. The van der Waals surface area contributed by atoms with Crippen LogP contribution in [0.3, 0.4) is 0 Å². The van der Waals surface area contributed by atoms with E-state index in [4.69, 9.17) is 11.6 Å². The van der Waals surface area contributed by atoms with Crippen molar-refractivity contribution in [2.75, 3.05) is 11.9 Å². The summed E-state index contributed by atoms with van der Waals surface area (Å²) in [6.07, 6.45) is 2.47. The Bertz CT molecular complexity index is 300. The lowest BCUT2D eigenvalue weighted by Gasteiger charge is -2.02. The van der Waals surface area contributed by atoms with Gasteiger partial charge in [-0.05, 0) is 11.6 Å². The first-order valence-corrected chi connectivity index (χ1v) is 4.39. The van der Waals surface area contributed by atoms with Crippen molar-refractivity contribution in [2.24, 2.45) is 0 Å². The second-order valence-corrected chi connectivity index (χ2v) is 2.71. The van der Waals surface area contributed by atoms with Crippen molar-refractivity contribution in [3.63, 3.8) is 0 Å². The van der Waals surface area contributed by atoms with Crippen molar-refractivity contribution in [1.29, 1.82) is 0 Å². The zero-order chi connectivity index (χ0) is 9.68. The predicted octanol–water partition coefficient (Wildman–Crippen LogP) is 1.69. The van der Waals surface area contributed by atoms with Crippen LogP contribution in [0, 0.1) is 0 Å². The first kappa shape index (κ1) is 9.92. The summed E-state index contributed by atoms with van der Waals surface area (Å²) < 4.78 is 0. The van der Waals surface area contributed by atoms with E-state index in [-0.39, 0.29) is 5.28 Å². The van der Waals surface area contributed by atoms with Crippen LogP contribution in [0.2, 0.25) is 5.28 Å². The molecule has 0 aliphatic rings. The third-order valence-electron chi connectivity index (χ3n) is 1.38. The molecule has 70 valence electrons. The molecule has 0 unspecified atom stereocenters. The SMILES string of the molecule is C=CCNc1nc(Cl)nc(CC)n1. The van der Waals surface area contributed by atoms with Gasteiger partial charge in [-0.1, -0.05) is 13.0 Å². The largest absolute Gasteiger partial charge is 0.351 e. The number of nitrogens with zero attached hydrogens (tertiary/aromatic N) is 3. The Labute approximate surface area is 82.1 Å². The van der Waals surface area contributed by atoms with Gasteiger partial charge < -0.3 is 5.32 Å². The van der Waals surface area contributed by atoms with Crippen LogP contribution in [0.25, 0.3) is 0 Å². The Morgan fingerprint density at radius 3 is 2.85 bits per heavy atom. The second-order valence-electron chi connectivity index (χ2n) is 2.37. The molecule has 0 radical (unpaired) electrons. The minimum absolute atomic E-state index is 0.221. The quantitative estimate of drug-likeness (QED) is 0.748. The molecule has 0 saturated carbocycles. The van der Waals surface area contributed by atoms with E-state index in [0.717, 1.165) is 6.42 Å². The number of rotatable bonds is 4. The number of halogens is 1. The fourth-order valence-corrected chi connectivity index (χ4v) is 0.969. The molecular weight excluding hydrogens is 188 g/mol. The van der Waals surface area contributed by atoms with Crippen LogP contribution in [0.15, 0.2) is 12.7 Å². The molecule has 1 aromatic rings. The van der Waals surface area contributed by atoms with E-state index in [0.29, 0.717) is 18.3 Å². The predicted molar refractivity (Wildman–Crippen MR) is 52.9 cm³/mol. The summed E-state index contributed by atoms with van der Waals surface area (Å²) in [6, 6.07) is 0. The van der Waals surface area contributed by atoms with E-state index in [1.165, 1.54) is 0 Å². The lowest BCUT2D eigenvalue weighted by molar-refractivity contribution is 0.898. The molecule has 0 spiro atoms. The highest BCUT2D eigenvalue weighted by Crippen LogP contribution is 2.05. The Kier molecular flexibility index (Phi) is 3.64. The fraction of sp³-hybridized carbons (Fsp3) is 0.375. The average Bonchev–Trinajstić information content (AvgIpc) is 2.14. The van der Waals surface area contributed by atoms with Crippen molar-refractivity contribution >= 4 is 17.5 Å². The van der Waals surface area contributed by atoms with Crippen molar-refractivity contribution in [2.45, 2.75) is 13.3 Å². The van der Waals surface area contributed by atoms with E-state index in [1.54, 1.807) is 6.08 Å². The standard InChI is InChI=1S/C8H11ClN4/c1-3-5-10-8-12-6(4-2)11-7(9)13-8/h3H,1,4-5H2,2H3,(H,10,11,12,13). The van der Waals surface area contributed by atoms with E-state index in [9.17, 15) is 0 Å². The van der Waals surface area contributed by atoms with E-state index >= 15 is 0 Å². The Morgan fingerprint density at radius 1 is 1.46 bits per heavy atom. The molecule has 5 heteroatoms. The summed E-state index contributed by atoms with van der Waals surface area (Å²) >= 11 is 5.68. The van der Waals surface area contributed by atoms with Gasteiger partial charge in [-0.25, -0.2) is 4.98 Å². The minimum Gasteiger partial charge on any atom is -0.351 e. The third-order valence-corrected chi connectivity index (χ3v) is 1.54. The van der Waals surface area contributed by atoms with Gasteiger partial charge in [0.05, 0.1) is 0 Å². The molecule has 0 aromatic carbocycles. The molecule has 4 nitrogen and oxygen atoms in total. The van der Waals surface area contributed by atoms with Crippen LogP contribution in [0.1, 0.15) is 12.7 Å². The fourth-order valence-electron chi connectivity index (χ4n) is 0.792. The van der Waals surface area contributed by atoms with Gasteiger partial charge in [0.2, 0.25) is 11.2 Å². The molecule has 0 aliphatic heterocycles. The lowest BCUT2D eigenvalue weighted by Crippen LogP contribution is -2.06. The lowest BCUT2D eigenvalue weighted by atomic mass is 10.5. The van der Waals surface area contributed by atoms with Gasteiger partial charge in [-0.3, -0.25) is 0 Å². The average molecular weight is 199 g/mol. The molecule has 0 bridgehead atoms. The van der Waals surface area contributed by atoms with Gasteiger partial charge in [0.15, 0.2) is 0 Å². The third kappa shape index (κ3) is 2.99. The highest BCUT2D eigenvalue weighted by molar-refractivity contribution is 6.28. The monoisotopic (exact) mass is 198 g/mol. The van der Waals surface area contributed by atoms with Gasteiger partial charge >= 0.3 is 0 Å². The summed E-state index contributed by atoms with van der Waals surface area (Å²) in [7, 11) is 0. The Hall–Kier alpha value is -1.16. The molecule has 0 atom stereocenters. The first-order valence-electron chi connectivity index (χ1n) is 4.01. The van der Waals surface area contributed by atoms with Crippen LogP contribution in [-0.2, 0) is 6.42 Å². The minimum atomic E-state index is 0.221. The summed E-state index contributed by atoms with van der Waals surface area (Å²) in [5.41, 5.74) is 0. The molecule has 0 amide bonds. The van der Waals surface area contributed by atoms with Crippen LogP contribution in [-0.4, -0.2) is 21.5 Å². The summed E-state index contributed by atoms with van der Waals surface area (Å²) in [5, 5.41) is 3.17. The van der Waals surface area contributed by atoms with E-state index in [2.05, 4.69) is 26.8 Å². The molecule has 1 rings (SSSR count). The zero-order valence-corrected chi connectivity index (χ0v) is 8.17. The molecule has 1 N–H and O–H groups in total. The maximum Gasteiger partial charge on any atom is 0.227 e. The van der Waals surface area contributed by atoms with Crippen molar-refractivity contribution in [3.05, 3.63) is 23.8 Å². The maximum atomic E-state index is 5.68. The normalized spacial score (nSPS) is 9.69. The zero-order valence-electron chi connectivity index (χ0n) is 7.42. The van der Waals surface area contributed by atoms with Crippen LogP contribution in [0.4, 0.5) is 5.95 Å². The molecule has 0 saturated heterocycles. The van der Waals surface area contributed by atoms with Gasteiger partial charge in [0.1, 0.15) is 5.82 Å². The summed E-state index contributed by atoms with van der Waals surface area (Å²) in [4.78, 5) is 12.0. The Balaban J connectivity index is 2.81. The number of aromatic nitrogens is 3. The molecular formula is C8H11ClN4.